The number of fused-ring (bicyclic) bond motifs is 1. The molecular formula is C30H18ClF3N4O2. The first-order valence-corrected chi connectivity index (χ1v) is 12.3. The van der Waals surface area contributed by atoms with Crippen molar-refractivity contribution in [1.29, 1.82) is 5.26 Å². The smallest absolute Gasteiger partial charge is 0.416 e. The van der Waals surface area contributed by atoms with Gasteiger partial charge in [0.25, 0.3) is 5.56 Å². The Morgan fingerprint density at radius 1 is 1.00 bits per heavy atom. The number of ether oxygens (including phenoxy) is 1. The van der Waals surface area contributed by atoms with Crippen molar-refractivity contribution in [3.63, 3.8) is 0 Å². The summed E-state index contributed by atoms with van der Waals surface area (Å²) in [5.74, 6) is 0.293. The van der Waals surface area contributed by atoms with Gasteiger partial charge in [-0.2, -0.15) is 28.2 Å². The van der Waals surface area contributed by atoms with Crippen molar-refractivity contribution in [1.82, 2.24) is 9.66 Å². The average molecular weight is 559 g/mol. The molecule has 198 valence electrons. The molecule has 4 aromatic carbocycles. The standard InChI is InChI=1S/C30H18ClF3N4O2/c31-24-12-13-27(40-18-21-7-2-1-6-20(21)16-35)22(15-24)17-36-38-28(19-8-5-9-23(14-19)30(32,33)34)37-26-11-4-3-10-25(26)29(38)39/h1-15,17H,18H2. The van der Waals surface area contributed by atoms with Crippen LogP contribution in [-0.2, 0) is 12.8 Å². The van der Waals surface area contributed by atoms with E-state index >= 15 is 0 Å². The molecule has 5 rings (SSSR count). The van der Waals surface area contributed by atoms with Gasteiger partial charge in [0.1, 0.15) is 12.4 Å². The van der Waals surface area contributed by atoms with Crippen LogP contribution >= 0.6 is 11.6 Å². The minimum absolute atomic E-state index is 0.0607. The van der Waals surface area contributed by atoms with Gasteiger partial charge in [0.2, 0.25) is 0 Å². The van der Waals surface area contributed by atoms with Crippen molar-refractivity contribution in [2.75, 3.05) is 0 Å². The third-order valence-electron chi connectivity index (χ3n) is 6.01. The highest BCUT2D eigenvalue weighted by Crippen LogP contribution is 2.32. The SMILES string of the molecule is N#Cc1ccccc1COc1ccc(Cl)cc1C=Nn1c(-c2cccc(C(F)(F)F)c2)nc2ccccc2c1=O. The summed E-state index contributed by atoms with van der Waals surface area (Å²) in [6, 6.07) is 24.9. The van der Waals surface area contributed by atoms with Gasteiger partial charge in [-0.15, -0.1) is 0 Å². The number of aromatic nitrogens is 2. The number of nitrogens with zero attached hydrogens (tertiary/aromatic N) is 4. The predicted octanol–water partition coefficient (Wildman–Crippen LogP) is 7.07. The van der Waals surface area contributed by atoms with Gasteiger partial charge in [-0.3, -0.25) is 4.79 Å². The number of hydrogen-bond acceptors (Lipinski definition) is 5. The first kappa shape index (κ1) is 26.7. The number of benzene rings is 4. The number of nitriles is 1. The highest BCUT2D eigenvalue weighted by molar-refractivity contribution is 6.30. The highest BCUT2D eigenvalue weighted by atomic mass is 35.5. The van der Waals surface area contributed by atoms with E-state index in [4.69, 9.17) is 16.3 Å². The number of halogens is 4. The molecule has 0 N–H and O–H groups in total. The summed E-state index contributed by atoms with van der Waals surface area (Å²) in [5, 5.41) is 14.3. The highest BCUT2D eigenvalue weighted by Gasteiger charge is 2.31. The van der Waals surface area contributed by atoms with Crippen LogP contribution in [0.2, 0.25) is 5.02 Å². The van der Waals surface area contributed by atoms with Crippen molar-refractivity contribution in [3.8, 4) is 23.2 Å². The van der Waals surface area contributed by atoms with Gasteiger partial charge in [0.05, 0.1) is 34.3 Å². The molecule has 0 aliphatic carbocycles. The lowest BCUT2D eigenvalue weighted by atomic mass is 10.1. The predicted molar refractivity (Wildman–Crippen MR) is 146 cm³/mol. The van der Waals surface area contributed by atoms with Crippen molar-refractivity contribution in [2.45, 2.75) is 12.8 Å². The Bertz CT molecular complexity index is 1860. The molecular weight excluding hydrogens is 541 g/mol. The Kier molecular flexibility index (Phi) is 7.36. The van der Waals surface area contributed by atoms with Crippen LogP contribution in [0.4, 0.5) is 13.2 Å². The lowest BCUT2D eigenvalue weighted by Gasteiger charge is -2.13. The van der Waals surface area contributed by atoms with Gasteiger partial charge in [0.15, 0.2) is 5.82 Å². The van der Waals surface area contributed by atoms with E-state index in [1.54, 1.807) is 66.7 Å². The first-order chi connectivity index (χ1) is 19.2. The molecule has 1 heterocycles. The second-order valence-electron chi connectivity index (χ2n) is 8.63. The number of rotatable bonds is 6. The molecule has 0 saturated heterocycles. The van der Waals surface area contributed by atoms with Gasteiger partial charge in [0, 0.05) is 21.7 Å². The van der Waals surface area contributed by atoms with Crippen LogP contribution in [0.3, 0.4) is 0 Å². The lowest BCUT2D eigenvalue weighted by molar-refractivity contribution is -0.137. The maximum absolute atomic E-state index is 13.5. The summed E-state index contributed by atoms with van der Waals surface area (Å²) in [4.78, 5) is 17.9. The Hall–Kier alpha value is -4.94. The molecule has 0 amide bonds. The fraction of sp³-hybridized carbons (Fsp3) is 0.0667. The van der Waals surface area contributed by atoms with Gasteiger partial charge < -0.3 is 4.74 Å². The first-order valence-electron chi connectivity index (χ1n) is 11.9. The number of hydrogen-bond donors (Lipinski definition) is 0. The van der Waals surface area contributed by atoms with E-state index in [1.165, 1.54) is 18.3 Å². The summed E-state index contributed by atoms with van der Waals surface area (Å²) in [7, 11) is 0. The minimum Gasteiger partial charge on any atom is -0.488 e. The number of alkyl halides is 3. The second-order valence-corrected chi connectivity index (χ2v) is 9.07. The fourth-order valence-electron chi connectivity index (χ4n) is 4.03. The molecule has 0 spiro atoms. The Labute approximate surface area is 231 Å². The zero-order chi connectivity index (χ0) is 28.3. The molecule has 10 heteroatoms. The second kappa shape index (κ2) is 11.0. The quantitative estimate of drug-likeness (QED) is 0.209. The Morgan fingerprint density at radius 2 is 1.77 bits per heavy atom. The van der Waals surface area contributed by atoms with Gasteiger partial charge in [-0.05, 0) is 48.5 Å². The third kappa shape index (κ3) is 5.58. The molecule has 5 aromatic rings. The van der Waals surface area contributed by atoms with Crippen LogP contribution in [0, 0.1) is 11.3 Å². The van der Waals surface area contributed by atoms with Gasteiger partial charge >= 0.3 is 6.18 Å². The van der Waals surface area contributed by atoms with Crippen LogP contribution < -0.4 is 10.3 Å². The van der Waals surface area contributed by atoms with Gasteiger partial charge in [-0.25, -0.2) is 4.98 Å². The lowest BCUT2D eigenvalue weighted by Crippen LogP contribution is -2.20. The maximum Gasteiger partial charge on any atom is 0.416 e. The van der Waals surface area contributed by atoms with E-state index in [1.807, 2.05) is 0 Å². The molecule has 6 nitrogen and oxygen atoms in total. The third-order valence-corrected chi connectivity index (χ3v) is 6.24. The van der Waals surface area contributed by atoms with Crippen molar-refractivity contribution < 1.29 is 17.9 Å². The molecule has 0 unspecified atom stereocenters. The Morgan fingerprint density at radius 3 is 2.58 bits per heavy atom. The van der Waals surface area contributed by atoms with E-state index in [0.717, 1.165) is 16.8 Å². The number of para-hydroxylation sites is 1. The maximum atomic E-state index is 13.5. The van der Waals surface area contributed by atoms with Crippen molar-refractivity contribution in [3.05, 3.63) is 129 Å². The molecule has 0 aliphatic heterocycles. The zero-order valence-corrected chi connectivity index (χ0v) is 21.3. The Balaban J connectivity index is 1.60. The molecule has 1 aromatic heterocycles. The molecule has 0 saturated carbocycles. The summed E-state index contributed by atoms with van der Waals surface area (Å²) in [5.41, 5.74) is 0.459. The monoisotopic (exact) mass is 558 g/mol. The van der Waals surface area contributed by atoms with Crippen molar-refractivity contribution in [2.24, 2.45) is 5.10 Å². The molecule has 0 aliphatic rings. The topological polar surface area (TPSA) is 80.3 Å². The van der Waals surface area contributed by atoms with Crippen LogP contribution in [0.1, 0.15) is 22.3 Å². The summed E-state index contributed by atoms with van der Waals surface area (Å²) in [6.07, 6.45) is -3.26. The van der Waals surface area contributed by atoms with Crippen LogP contribution in [0.5, 0.6) is 5.75 Å². The largest absolute Gasteiger partial charge is 0.488 e. The van der Waals surface area contributed by atoms with E-state index in [0.29, 0.717) is 33.0 Å². The summed E-state index contributed by atoms with van der Waals surface area (Å²) >= 11 is 6.21. The molecule has 0 bridgehead atoms. The summed E-state index contributed by atoms with van der Waals surface area (Å²) < 4.78 is 47.2. The van der Waals surface area contributed by atoms with Crippen LogP contribution in [-0.4, -0.2) is 15.9 Å². The average Bonchev–Trinajstić information content (AvgIpc) is 2.96. The van der Waals surface area contributed by atoms with Crippen molar-refractivity contribution >= 4 is 28.7 Å². The fourth-order valence-corrected chi connectivity index (χ4v) is 4.22. The minimum atomic E-state index is -4.58. The molecule has 0 fully saturated rings. The summed E-state index contributed by atoms with van der Waals surface area (Å²) in [6.45, 7) is 0.0825. The van der Waals surface area contributed by atoms with E-state index < -0.39 is 17.3 Å². The van der Waals surface area contributed by atoms with Gasteiger partial charge in [-0.1, -0.05) is 54.1 Å². The van der Waals surface area contributed by atoms with Crippen LogP contribution in [0.15, 0.2) is 101 Å². The molecule has 0 atom stereocenters. The normalized spacial score (nSPS) is 11.6. The van der Waals surface area contributed by atoms with E-state index in [2.05, 4.69) is 16.2 Å². The zero-order valence-electron chi connectivity index (χ0n) is 20.6. The molecule has 0 radical (unpaired) electrons. The van der Waals surface area contributed by atoms with E-state index in [9.17, 15) is 23.2 Å². The van der Waals surface area contributed by atoms with Crippen LogP contribution in [0.25, 0.3) is 22.3 Å². The molecule has 40 heavy (non-hydrogen) atoms. The van der Waals surface area contributed by atoms with E-state index in [-0.39, 0.29) is 23.4 Å².